The Kier molecular flexibility index (Phi) is 3.79. The number of carbonyl (C=O) groups is 1. The van der Waals surface area contributed by atoms with Crippen LogP contribution >= 0.6 is 27.3 Å². The maximum absolute atomic E-state index is 12.0. The number of hydrogen-bond acceptors (Lipinski definition) is 3. The summed E-state index contributed by atoms with van der Waals surface area (Å²) in [5.74, 6) is 1.41. The van der Waals surface area contributed by atoms with Crippen LogP contribution in [0.1, 0.15) is 35.3 Å². The molecule has 0 radical (unpaired) electrons. The number of rotatable bonds is 4. The molecular formula is C12H13BrN2OS. The van der Waals surface area contributed by atoms with E-state index < -0.39 is 0 Å². The Labute approximate surface area is 113 Å². The fraction of sp³-hybridized carbons (Fsp3) is 0.333. The molecule has 0 atom stereocenters. The number of aromatic nitrogens is 2. The van der Waals surface area contributed by atoms with E-state index in [9.17, 15) is 4.79 Å². The summed E-state index contributed by atoms with van der Waals surface area (Å²) in [5.41, 5.74) is 0. The van der Waals surface area contributed by atoms with Gasteiger partial charge >= 0.3 is 0 Å². The lowest BCUT2D eigenvalue weighted by molar-refractivity contribution is 0.0974. The third-order valence-electron chi connectivity index (χ3n) is 2.43. The molecule has 0 spiro atoms. The van der Waals surface area contributed by atoms with E-state index in [2.05, 4.69) is 34.8 Å². The maximum atomic E-state index is 12.0. The first kappa shape index (κ1) is 12.5. The summed E-state index contributed by atoms with van der Waals surface area (Å²) >= 11 is 4.83. The van der Waals surface area contributed by atoms with E-state index in [0.717, 1.165) is 14.5 Å². The fourth-order valence-corrected chi connectivity index (χ4v) is 2.97. The third-order valence-corrected chi connectivity index (χ3v) is 4.09. The van der Waals surface area contributed by atoms with Crippen LogP contribution in [0.5, 0.6) is 0 Å². The summed E-state index contributed by atoms with van der Waals surface area (Å²) in [6.45, 7) is 4.51. The third kappa shape index (κ3) is 2.84. The highest BCUT2D eigenvalue weighted by molar-refractivity contribution is 9.11. The van der Waals surface area contributed by atoms with Crippen LogP contribution < -0.4 is 0 Å². The monoisotopic (exact) mass is 312 g/mol. The van der Waals surface area contributed by atoms with Gasteiger partial charge in [-0.1, -0.05) is 13.8 Å². The van der Waals surface area contributed by atoms with Crippen LogP contribution in [-0.4, -0.2) is 15.3 Å². The molecule has 17 heavy (non-hydrogen) atoms. The number of ketones is 1. The number of hydrogen-bond donors (Lipinski definition) is 0. The van der Waals surface area contributed by atoms with Gasteiger partial charge < -0.3 is 4.57 Å². The highest BCUT2D eigenvalue weighted by Gasteiger charge is 2.13. The number of halogens is 1. The van der Waals surface area contributed by atoms with Crippen LogP contribution in [0.15, 0.2) is 28.3 Å². The van der Waals surface area contributed by atoms with Crippen molar-refractivity contribution in [3.8, 4) is 0 Å². The molecule has 0 unspecified atom stereocenters. The molecule has 0 N–H and O–H groups in total. The Balaban J connectivity index is 2.16. The summed E-state index contributed by atoms with van der Waals surface area (Å²) in [6.07, 6.45) is 3.60. The second-order valence-electron chi connectivity index (χ2n) is 4.09. The highest BCUT2D eigenvalue weighted by atomic mass is 79.9. The summed E-state index contributed by atoms with van der Waals surface area (Å²) < 4.78 is 2.90. The molecule has 0 saturated heterocycles. The van der Waals surface area contributed by atoms with Crippen molar-refractivity contribution < 1.29 is 4.79 Å². The Morgan fingerprint density at radius 1 is 1.53 bits per heavy atom. The zero-order chi connectivity index (χ0) is 12.4. The van der Waals surface area contributed by atoms with Crippen molar-refractivity contribution in [3.63, 3.8) is 0 Å². The normalized spacial score (nSPS) is 11.1. The van der Waals surface area contributed by atoms with E-state index in [4.69, 9.17) is 0 Å². The van der Waals surface area contributed by atoms with E-state index in [-0.39, 0.29) is 5.78 Å². The van der Waals surface area contributed by atoms with Crippen molar-refractivity contribution in [2.75, 3.05) is 0 Å². The van der Waals surface area contributed by atoms with Gasteiger partial charge in [0.1, 0.15) is 5.82 Å². The summed E-state index contributed by atoms with van der Waals surface area (Å²) in [6, 6.07) is 3.75. The molecule has 2 aromatic rings. The number of nitrogens with zero attached hydrogens (tertiary/aromatic N) is 2. The van der Waals surface area contributed by atoms with E-state index in [1.165, 1.54) is 11.3 Å². The van der Waals surface area contributed by atoms with E-state index in [1.807, 2.05) is 22.9 Å². The maximum Gasteiger partial charge on any atom is 0.192 e. The van der Waals surface area contributed by atoms with Gasteiger partial charge in [-0.3, -0.25) is 4.79 Å². The molecule has 0 aliphatic carbocycles. The molecule has 2 rings (SSSR count). The Hall–Kier alpha value is -0.940. The predicted molar refractivity (Wildman–Crippen MR) is 72.7 cm³/mol. The van der Waals surface area contributed by atoms with Crippen molar-refractivity contribution in [2.45, 2.75) is 26.3 Å². The Bertz CT molecular complexity index is 530. The molecule has 0 amide bonds. The van der Waals surface area contributed by atoms with Crippen molar-refractivity contribution in [1.82, 2.24) is 9.55 Å². The van der Waals surface area contributed by atoms with Gasteiger partial charge in [-0.25, -0.2) is 4.98 Å². The van der Waals surface area contributed by atoms with Crippen molar-refractivity contribution in [2.24, 2.45) is 0 Å². The minimum absolute atomic E-state index is 0.126. The summed E-state index contributed by atoms with van der Waals surface area (Å²) in [5, 5.41) is 0. The first-order valence-corrected chi connectivity index (χ1v) is 6.98. The molecule has 2 heterocycles. The predicted octanol–water partition coefficient (Wildman–Crippen LogP) is 3.71. The van der Waals surface area contributed by atoms with Crippen LogP contribution in [0.4, 0.5) is 0 Å². The first-order chi connectivity index (χ1) is 8.08. The lowest BCUT2D eigenvalue weighted by Gasteiger charge is -2.08. The number of thiophene rings is 1. The largest absolute Gasteiger partial charge is 0.327 e. The molecule has 0 aliphatic rings. The molecule has 0 saturated carbocycles. The second kappa shape index (κ2) is 5.14. The first-order valence-electron chi connectivity index (χ1n) is 5.37. The summed E-state index contributed by atoms with van der Waals surface area (Å²) in [7, 11) is 0. The van der Waals surface area contributed by atoms with Crippen LogP contribution in [0, 0.1) is 0 Å². The average molecular weight is 313 g/mol. The van der Waals surface area contributed by atoms with Gasteiger partial charge in [0.25, 0.3) is 0 Å². The smallest absolute Gasteiger partial charge is 0.192 e. The van der Waals surface area contributed by atoms with E-state index in [0.29, 0.717) is 12.5 Å². The van der Waals surface area contributed by atoms with Gasteiger partial charge in [0.2, 0.25) is 0 Å². The van der Waals surface area contributed by atoms with E-state index in [1.54, 1.807) is 6.20 Å². The number of imidazole rings is 1. The molecule has 0 bridgehead atoms. The second-order valence-corrected chi connectivity index (χ2v) is 6.56. The van der Waals surface area contributed by atoms with Gasteiger partial charge in [0, 0.05) is 18.3 Å². The fourth-order valence-electron chi connectivity index (χ4n) is 1.65. The van der Waals surface area contributed by atoms with Crippen LogP contribution in [-0.2, 0) is 6.54 Å². The molecule has 0 aromatic carbocycles. The molecule has 5 heteroatoms. The minimum Gasteiger partial charge on any atom is -0.327 e. The summed E-state index contributed by atoms with van der Waals surface area (Å²) in [4.78, 5) is 17.1. The van der Waals surface area contributed by atoms with Crippen molar-refractivity contribution in [3.05, 3.63) is 39.0 Å². The number of carbonyl (C=O) groups excluding carboxylic acids is 1. The average Bonchev–Trinajstić information content (AvgIpc) is 2.86. The lowest BCUT2D eigenvalue weighted by atomic mass is 10.2. The van der Waals surface area contributed by atoms with Crippen LogP contribution in [0.3, 0.4) is 0 Å². The highest BCUT2D eigenvalue weighted by Crippen LogP contribution is 2.23. The minimum atomic E-state index is 0.126. The molecule has 0 fully saturated rings. The molecule has 0 aliphatic heterocycles. The topological polar surface area (TPSA) is 34.9 Å². The standard InChI is InChI=1S/C12H13BrN2OS/c1-8(2)12-14-5-6-15(12)7-9(16)10-3-4-11(13)17-10/h3-6,8H,7H2,1-2H3. The Morgan fingerprint density at radius 3 is 2.88 bits per heavy atom. The molecular weight excluding hydrogens is 300 g/mol. The van der Waals surface area contributed by atoms with Gasteiger partial charge in [-0.15, -0.1) is 11.3 Å². The molecule has 2 aromatic heterocycles. The lowest BCUT2D eigenvalue weighted by Crippen LogP contribution is -2.12. The number of Topliss-reactive ketones (excluding diaryl/α,β-unsaturated/α-hetero) is 1. The van der Waals surface area contributed by atoms with Crippen molar-refractivity contribution in [1.29, 1.82) is 0 Å². The van der Waals surface area contributed by atoms with Crippen LogP contribution in [0.25, 0.3) is 0 Å². The van der Waals surface area contributed by atoms with Crippen molar-refractivity contribution >= 4 is 33.0 Å². The zero-order valence-corrected chi connectivity index (χ0v) is 12.1. The van der Waals surface area contributed by atoms with E-state index >= 15 is 0 Å². The van der Waals surface area contributed by atoms with Crippen LogP contribution in [0.2, 0.25) is 0 Å². The van der Waals surface area contributed by atoms with Gasteiger partial charge in [0.15, 0.2) is 5.78 Å². The van der Waals surface area contributed by atoms with Gasteiger partial charge in [-0.2, -0.15) is 0 Å². The Morgan fingerprint density at radius 2 is 2.29 bits per heavy atom. The van der Waals surface area contributed by atoms with Gasteiger partial charge in [-0.05, 0) is 28.1 Å². The molecule has 90 valence electrons. The molecule has 3 nitrogen and oxygen atoms in total. The van der Waals surface area contributed by atoms with Gasteiger partial charge in [0.05, 0.1) is 15.2 Å². The SMILES string of the molecule is CC(C)c1nccn1CC(=O)c1ccc(Br)s1. The quantitative estimate of drug-likeness (QED) is 0.807. The zero-order valence-electron chi connectivity index (χ0n) is 9.68.